The van der Waals surface area contributed by atoms with Gasteiger partial charge in [0.25, 0.3) is 0 Å². The first kappa shape index (κ1) is 17.4. The molecule has 1 heterocycles. The first-order valence-electron chi connectivity index (χ1n) is 7.38. The number of thiazole rings is 1. The number of carbonyl (C=O) groups excluding carboxylic acids is 1. The number of esters is 1. The zero-order valence-electron chi connectivity index (χ0n) is 14.2. The minimum atomic E-state index is -0.346. The highest BCUT2D eigenvalue weighted by atomic mass is 32.1. The van der Waals surface area contributed by atoms with Crippen molar-refractivity contribution in [2.45, 2.75) is 20.4 Å². The van der Waals surface area contributed by atoms with Gasteiger partial charge < -0.3 is 9.64 Å². The minimum absolute atomic E-state index is 0.346. The summed E-state index contributed by atoms with van der Waals surface area (Å²) in [6, 6.07) is 8.41. The average Bonchev–Trinajstić information content (AvgIpc) is 2.89. The molecule has 0 bridgehead atoms. The zero-order valence-corrected chi connectivity index (χ0v) is 15.0. The molecule has 1 aromatic carbocycles. The Labute approximate surface area is 141 Å². The van der Waals surface area contributed by atoms with Crippen molar-refractivity contribution in [2.75, 3.05) is 21.2 Å². The number of nitrogens with zero attached hydrogens (tertiary/aromatic N) is 2. The van der Waals surface area contributed by atoms with Gasteiger partial charge in [-0.2, -0.15) is 0 Å². The summed E-state index contributed by atoms with van der Waals surface area (Å²) >= 11 is 1.59. The van der Waals surface area contributed by atoms with E-state index in [0.717, 1.165) is 33.3 Å². The van der Waals surface area contributed by atoms with Crippen LogP contribution in [0.4, 0.5) is 0 Å². The van der Waals surface area contributed by atoms with Crippen molar-refractivity contribution < 1.29 is 9.53 Å². The Bertz CT molecular complexity index is 715. The molecule has 5 heteroatoms. The van der Waals surface area contributed by atoms with E-state index in [0.29, 0.717) is 0 Å². The topological polar surface area (TPSA) is 42.4 Å². The molecule has 0 amide bonds. The number of ether oxygens (including phenoxy) is 1. The largest absolute Gasteiger partial charge is 0.466 e. The molecular weight excluding hydrogens is 308 g/mol. The molecule has 0 spiro atoms. The van der Waals surface area contributed by atoms with Gasteiger partial charge in [0.1, 0.15) is 0 Å². The first-order valence-corrected chi connectivity index (χ1v) is 8.20. The van der Waals surface area contributed by atoms with E-state index in [4.69, 9.17) is 4.74 Å². The summed E-state index contributed by atoms with van der Waals surface area (Å²) in [7, 11) is 5.49. The molecule has 2 rings (SSSR count). The lowest BCUT2D eigenvalue weighted by molar-refractivity contribution is -0.134. The maximum atomic E-state index is 11.5. The van der Waals surface area contributed by atoms with Gasteiger partial charge in [-0.25, -0.2) is 9.78 Å². The van der Waals surface area contributed by atoms with Gasteiger partial charge in [0.2, 0.25) is 0 Å². The van der Waals surface area contributed by atoms with E-state index in [-0.39, 0.29) is 5.97 Å². The van der Waals surface area contributed by atoms with E-state index in [9.17, 15) is 4.79 Å². The predicted molar refractivity (Wildman–Crippen MR) is 95.3 cm³/mol. The first-order chi connectivity index (χ1) is 10.9. The van der Waals surface area contributed by atoms with Gasteiger partial charge in [0.15, 0.2) is 0 Å². The highest BCUT2D eigenvalue weighted by Crippen LogP contribution is 2.33. The Morgan fingerprint density at radius 2 is 1.96 bits per heavy atom. The number of aryl methyl sites for hydroxylation is 1. The van der Waals surface area contributed by atoms with Crippen LogP contribution in [0.1, 0.15) is 22.4 Å². The van der Waals surface area contributed by atoms with Crippen LogP contribution >= 0.6 is 11.3 Å². The highest BCUT2D eigenvalue weighted by molar-refractivity contribution is 7.13. The van der Waals surface area contributed by atoms with Crippen molar-refractivity contribution in [1.29, 1.82) is 0 Å². The van der Waals surface area contributed by atoms with Crippen molar-refractivity contribution >= 4 is 22.9 Å². The Morgan fingerprint density at radius 3 is 2.52 bits per heavy atom. The number of aromatic nitrogens is 1. The fourth-order valence-electron chi connectivity index (χ4n) is 2.32. The summed E-state index contributed by atoms with van der Waals surface area (Å²) in [5.74, 6) is -0.346. The van der Waals surface area contributed by atoms with Crippen LogP contribution in [0.2, 0.25) is 0 Å². The van der Waals surface area contributed by atoms with Crippen LogP contribution < -0.4 is 0 Å². The molecule has 4 nitrogen and oxygen atoms in total. The summed E-state index contributed by atoms with van der Waals surface area (Å²) in [6.07, 6.45) is 1.51. The second-order valence-corrected chi connectivity index (χ2v) is 6.90. The molecule has 1 aromatic heterocycles. The Morgan fingerprint density at radius 1 is 1.30 bits per heavy atom. The van der Waals surface area contributed by atoms with E-state index < -0.39 is 0 Å². The molecular formula is C18H22N2O2S. The lowest BCUT2D eigenvalue weighted by Crippen LogP contribution is -2.10. The molecule has 0 saturated carbocycles. The summed E-state index contributed by atoms with van der Waals surface area (Å²) in [4.78, 5) is 19.3. The molecule has 0 fully saturated rings. The van der Waals surface area contributed by atoms with Crippen molar-refractivity contribution in [3.05, 3.63) is 45.8 Å². The summed E-state index contributed by atoms with van der Waals surface area (Å²) < 4.78 is 4.71. The number of allylic oxidation sites excluding steroid dienone is 1. The van der Waals surface area contributed by atoms with Crippen molar-refractivity contribution in [3.63, 3.8) is 0 Å². The molecule has 0 N–H and O–H groups in total. The Balaban J connectivity index is 2.37. The van der Waals surface area contributed by atoms with Gasteiger partial charge in [0, 0.05) is 18.2 Å². The molecule has 0 aliphatic heterocycles. The van der Waals surface area contributed by atoms with Gasteiger partial charge in [0.05, 0.1) is 22.7 Å². The average molecular weight is 330 g/mol. The Hall–Kier alpha value is -1.98. The molecule has 0 unspecified atom stereocenters. The van der Waals surface area contributed by atoms with Gasteiger partial charge in [-0.15, -0.1) is 11.3 Å². The second-order valence-electron chi connectivity index (χ2n) is 5.70. The number of hydrogen-bond acceptors (Lipinski definition) is 5. The van der Waals surface area contributed by atoms with Crippen LogP contribution in [0.5, 0.6) is 0 Å². The highest BCUT2D eigenvalue weighted by Gasteiger charge is 2.14. The van der Waals surface area contributed by atoms with E-state index in [2.05, 4.69) is 48.2 Å². The lowest BCUT2D eigenvalue weighted by atomic mass is 10.1. The molecule has 122 valence electrons. The second kappa shape index (κ2) is 7.53. The molecule has 0 atom stereocenters. The molecule has 0 saturated heterocycles. The molecule has 23 heavy (non-hydrogen) atoms. The Kier molecular flexibility index (Phi) is 5.69. The fourth-order valence-corrected chi connectivity index (χ4v) is 3.24. The molecule has 0 radical (unpaired) electrons. The van der Waals surface area contributed by atoms with Crippen LogP contribution in [-0.2, 0) is 16.1 Å². The van der Waals surface area contributed by atoms with Gasteiger partial charge in [-0.1, -0.05) is 24.3 Å². The van der Waals surface area contributed by atoms with E-state index >= 15 is 0 Å². The summed E-state index contributed by atoms with van der Waals surface area (Å²) in [6.45, 7) is 4.79. The zero-order chi connectivity index (χ0) is 17.0. The van der Waals surface area contributed by atoms with E-state index in [1.165, 1.54) is 18.7 Å². The molecule has 2 aromatic rings. The van der Waals surface area contributed by atoms with Gasteiger partial charge in [-0.05, 0) is 39.1 Å². The quantitative estimate of drug-likeness (QED) is 0.618. The van der Waals surface area contributed by atoms with Gasteiger partial charge >= 0.3 is 5.97 Å². The summed E-state index contributed by atoms with van der Waals surface area (Å²) in [5, 5.41) is 0.977. The van der Waals surface area contributed by atoms with Crippen LogP contribution in [0.15, 0.2) is 30.3 Å². The van der Waals surface area contributed by atoms with Crippen LogP contribution in [0.3, 0.4) is 0 Å². The van der Waals surface area contributed by atoms with Crippen LogP contribution in [0, 0.1) is 6.92 Å². The van der Waals surface area contributed by atoms with Gasteiger partial charge in [-0.3, -0.25) is 0 Å². The number of hydrogen-bond donors (Lipinski definition) is 0. The number of benzene rings is 1. The standard InChI is InChI=1S/C18H22N2O2S/c1-12(10-16(21)22-5)18-17(19-13(2)23-18)15-8-6-14(7-9-15)11-20(3)4/h6-10H,11H2,1-5H3/b12-10+. The monoisotopic (exact) mass is 330 g/mol. The minimum Gasteiger partial charge on any atom is -0.466 e. The van der Waals surface area contributed by atoms with Crippen LogP contribution in [0.25, 0.3) is 16.8 Å². The normalized spacial score (nSPS) is 11.8. The predicted octanol–water partition coefficient (Wildman–Crippen LogP) is 3.76. The smallest absolute Gasteiger partial charge is 0.330 e. The van der Waals surface area contributed by atoms with Crippen molar-refractivity contribution in [2.24, 2.45) is 0 Å². The number of carbonyl (C=O) groups is 1. The summed E-state index contributed by atoms with van der Waals surface area (Å²) in [5.41, 5.74) is 4.11. The third-order valence-corrected chi connectivity index (χ3v) is 4.46. The van der Waals surface area contributed by atoms with E-state index in [1.807, 2.05) is 13.8 Å². The third kappa shape index (κ3) is 4.50. The number of methoxy groups -OCH3 is 1. The van der Waals surface area contributed by atoms with Crippen molar-refractivity contribution in [3.8, 4) is 11.3 Å². The van der Waals surface area contributed by atoms with Crippen LogP contribution in [-0.4, -0.2) is 37.1 Å². The molecule has 0 aliphatic carbocycles. The van der Waals surface area contributed by atoms with Crippen molar-refractivity contribution in [1.82, 2.24) is 9.88 Å². The SMILES string of the molecule is COC(=O)/C=C(\C)c1sc(C)nc1-c1ccc(CN(C)C)cc1. The molecule has 0 aliphatic rings. The maximum Gasteiger partial charge on any atom is 0.330 e. The lowest BCUT2D eigenvalue weighted by Gasteiger charge is -2.10. The van der Waals surface area contributed by atoms with E-state index in [1.54, 1.807) is 11.3 Å². The number of rotatable bonds is 5. The third-order valence-electron chi connectivity index (χ3n) is 3.35. The fraction of sp³-hybridized carbons (Fsp3) is 0.333. The maximum absolute atomic E-state index is 11.5.